The molecule has 0 amide bonds. The fraction of sp³-hybridized carbons (Fsp3) is 0.167. The minimum atomic E-state index is 0.611. The Morgan fingerprint density at radius 3 is 2.29 bits per heavy atom. The van der Waals surface area contributed by atoms with Gasteiger partial charge in [0.05, 0.1) is 12.8 Å². The summed E-state index contributed by atoms with van der Waals surface area (Å²) in [6, 6.07) is 7.61. The van der Waals surface area contributed by atoms with Crippen molar-refractivity contribution in [2.75, 3.05) is 12.8 Å². The lowest BCUT2D eigenvalue weighted by Gasteiger charge is -2.08. The number of nitrogens with two attached hydrogens (primary N) is 1. The van der Waals surface area contributed by atoms with Crippen LogP contribution >= 0.6 is 27.5 Å². The van der Waals surface area contributed by atoms with E-state index < -0.39 is 0 Å². The third-order valence-electron chi connectivity index (χ3n) is 2.66. The first-order chi connectivity index (χ1) is 8.06. The van der Waals surface area contributed by atoms with Gasteiger partial charge in [-0.05, 0) is 47.1 Å². The first kappa shape index (κ1) is 12.3. The number of hydrogen-bond acceptors (Lipinski definition) is 2. The molecule has 2 N–H and O–H groups in total. The minimum absolute atomic E-state index is 0.611. The summed E-state index contributed by atoms with van der Waals surface area (Å²) in [7, 11) is 1.63. The average Bonchev–Trinajstić information content (AvgIpc) is 2.54. The molecule has 3 nitrogen and oxygen atoms in total. The number of hydrogen-bond donors (Lipinski definition) is 1. The Kier molecular flexibility index (Phi) is 3.35. The summed E-state index contributed by atoms with van der Waals surface area (Å²) in [6.07, 6.45) is 0. The lowest BCUT2D eigenvalue weighted by atomic mass is 10.3. The van der Waals surface area contributed by atoms with E-state index in [-0.39, 0.29) is 0 Å². The van der Waals surface area contributed by atoms with Crippen LogP contribution in [0.3, 0.4) is 0 Å². The van der Waals surface area contributed by atoms with Crippen LogP contribution < -0.4 is 10.5 Å². The summed E-state index contributed by atoms with van der Waals surface area (Å²) in [6.45, 7) is 1.89. The Bertz CT molecular complexity index is 523. The quantitative estimate of drug-likeness (QED) is 0.916. The van der Waals surface area contributed by atoms with Crippen molar-refractivity contribution in [1.82, 2.24) is 4.57 Å². The maximum Gasteiger partial charge on any atom is 0.119 e. The van der Waals surface area contributed by atoms with E-state index >= 15 is 0 Å². The van der Waals surface area contributed by atoms with Crippen molar-refractivity contribution in [1.29, 1.82) is 0 Å². The van der Waals surface area contributed by atoms with Gasteiger partial charge < -0.3 is 10.5 Å². The van der Waals surface area contributed by atoms with Crippen LogP contribution in [-0.4, -0.2) is 11.7 Å². The van der Waals surface area contributed by atoms with Crippen molar-refractivity contribution in [3.63, 3.8) is 0 Å². The molecular weight excluding hydrogens is 304 g/mol. The molecule has 90 valence electrons. The predicted octanol–water partition coefficient (Wildman–Crippen LogP) is 3.79. The standard InChI is InChI=1S/C12H12BrClN2O/c1-7-10(15)11(13)16(12(7)14)8-3-5-9(17-2)6-4-8/h3-6H,15H2,1-2H3. The van der Waals surface area contributed by atoms with Gasteiger partial charge in [-0.2, -0.15) is 0 Å². The monoisotopic (exact) mass is 314 g/mol. The number of rotatable bonds is 2. The SMILES string of the molecule is COc1ccc(-n2c(Cl)c(C)c(N)c2Br)cc1. The molecule has 0 saturated carbocycles. The van der Waals surface area contributed by atoms with E-state index in [0.717, 1.165) is 21.6 Å². The second-order valence-electron chi connectivity index (χ2n) is 3.65. The molecule has 0 atom stereocenters. The largest absolute Gasteiger partial charge is 0.497 e. The third-order valence-corrected chi connectivity index (χ3v) is 3.89. The van der Waals surface area contributed by atoms with Crippen molar-refractivity contribution in [3.05, 3.63) is 39.6 Å². The number of anilines is 1. The molecule has 0 aliphatic heterocycles. The summed E-state index contributed by atoms with van der Waals surface area (Å²) in [5.41, 5.74) is 8.38. The lowest BCUT2D eigenvalue weighted by Crippen LogP contribution is -1.95. The third kappa shape index (κ3) is 2.03. The van der Waals surface area contributed by atoms with E-state index in [1.165, 1.54) is 0 Å². The van der Waals surface area contributed by atoms with Crippen LogP contribution in [0.25, 0.3) is 5.69 Å². The number of nitrogen functional groups attached to an aromatic ring is 1. The van der Waals surface area contributed by atoms with Gasteiger partial charge in [0.15, 0.2) is 0 Å². The smallest absolute Gasteiger partial charge is 0.119 e. The molecule has 2 rings (SSSR count). The van der Waals surface area contributed by atoms with Crippen molar-refractivity contribution < 1.29 is 4.74 Å². The zero-order valence-electron chi connectivity index (χ0n) is 9.50. The van der Waals surface area contributed by atoms with E-state index in [4.69, 9.17) is 22.1 Å². The van der Waals surface area contributed by atoms with Gasteiger partial charge in [0.25, 0.3) is 0 Å². The number of nitrogens with zero attached hydrogens (tertiary/aromatic N) is 1. The van der Waals surface area contributed by atoms with E-state index in [0.29, 0.717) is 10.8 Å². The summed E-state index contributed by atoms with van der Waals surface area (Å²) < 4.78 is 7.74. The molecule has 1 aromatic carbocycles. The van der Waals surface area contributed by atoms with Gasteiger partial charge in [-0.15, -0.1) is 0 Å². The highest BCUT2D eigenvalue weighted by Crippen LogP contribution is 2.35. The maximum atomic E-state index is 6.25. The van der Waals surface area contributed by atoms with Crippen LogP contribution in [0.4, 0.5) is 5.69 Å². The van der Waals surface area contributed by atoms with Gasteiger partial charge in [-0.1, -0.05) is 11.6 Å². The van der Waals surface area contributed by atoms with Crippen LogP contribution in [-0.2, 0) is 0 Å². The molecule has 0 unspecified atom stereocenters. The molecule has 2 aromatic rings. The molecule has 0 radical (unpaired) electrons. The maximum absolute atomic E-state index is 6.25. The average molecular weight is 316 g/mol. The minimum Gasteiger partial charge on any atom is -0.497 e. The fourth-order valence-corrected chi connectivity index (χ4v) is 2.66. The zero-order chi connectivity index (χ0) is 12.6. The van der Waals surface area contributed by atoms with Gasteiger partial charge in [-0.3, -0.25) is 4.57 Å². The Hall–Kier alpha value is -1.13. The van der Waals surface area contributed by atoms with Crippen molar-refractivity contribution >= 4 is 33.2 Å². The molecule has 0 aliphatic rings. The molecule has 0 saturated heterocycles. The Morgan fingerprint density at radius 2 is 1.88 bits per heavy atom. The van der Waals surface area contributed by atoms with Gasteiger partial charge >= 0.3 is 0 Å². The van der Waals surface area contributed by atoms with Crippen LogP contribution in [0.1, 0.15) is 5.56 Å². The number of methoxy groups -OCH3 is 1. The summed E-state index contributed by atoms with van der Waals surface area (Å²) in [5.74, 6) is 0.804. The second kappa shape index (κ2) is 4.63. The summed E-state index contributed by atoms with van der Waals surface area (Å²) in [4.78, 5) is 0. The van der Waals surface area contributed by atoms with Crippen molar-refractivity contribution in [2.45, 2.75) is 6.92 Å². The molecular formula is C12H12BrClN2O. The topological polar surface area (TPSA) is 40.2 Å². The lowest BCUT2D eigenvalue weighted by molar-refractivity contribution is 0.414. The van der Waals surface area contributed by atoms with Crippen LogP contribution in [0.5, 0.6) is 5.75 Å². The summed E-state index contributed by atoms with van der Waals surface area (Å²) >= 11 is 9.70. The molecule has 1 heterocycles. The Morgan fingerprint density at radius 1 is 1.29 bits per heavy atom. The van der Waals surface area contributed by atoms with Gasteiger partial charge in [0.1, 0.15) is 15.5 Å². The van der Waals surface area contributed by atoms with Crippen LogP contribution in [0.15, 0.2) is 28.9 Å². The molecule has 1 aromatic heterocycles. The molecule has 17 heavy (non-hydrogen) atoms. The Balaban J connectivity index is 2.56. The predicted molar refractivity (Wildman–Crippen MR) is 74.2 cm³/mol. The van der Waals surface area contributed by atoms with Crippen molar-refractivity contribution in [3.8, 4) is 11.4 Å². The number of benzene rings is 1. The highest BCUT2D eigenvalue weighted by molar-refractivity contribution is 9.10. The molecule has 0 spiro atoms. The fourth-order valence-electron chi connectivity index (χ4n) is 1.60. The highest BCUT2D eigenvalue weighted by Gasteiger charge is 2.15. The van der Waals surface area contributed by atoms with Crippen LogP contribution in [0.2, 0.25) is 5.15 Å². The van der Waals surface area contributed by atoms with Crippen LogP contribution in [0, 0.1) is 6.92 Å². The normalized spacial score (nSPS) is 10.6. The van der Waals surface area contributed by atoms with E-state index in [2.05, 4.69) is 15.9 Å². The highest BCUT2D eigenvalue weighted by atomic mass is 79.9. The molecule has 0 fully saturated rings. The van der Waals surface area contributed by atoms with Crippen molar-refractivity contribution in [2.24, 2.45) is 0 Å². The molecule has 0 bridgehead atoms. The van der Waals surface area contributed by atoms with E-state index in [1.807, 2.05) is 35.8 Å². The van der Waals surface area contributed by atoms with E-state index in [9.17, 15) is 0 Å². The first-order valence-corrected chi connectivity index (χ1v) is 6.19. The first-order valence-electron chi connectivity index (χ1n) is 5.02. The van der Waals surface area contributed by atoms with Gasteiger partial charge in [-0.25, -0.2) is 0 Å². The molecule has 0 aliphatic carbocycles. The van der Waals surface area contributed by atoms with E-state index in [1.54, 1.807) is 7.11 Å². The number of aromatic nitrogens is 1. The van der Waals surface area contributed by atoms with Gasteiger partial charge in [0.2, 0.25) is 0 Å². The molecule has 5 heteroatoms. The second-order valence-corrected chi connectivity index (χ2v) is 4.76. The zero-order valence-corrected chi connectivity index (χ0v) is 11.8. The Labute approximate surface area is 113 Å². The van der Waals surface area contributed by atoms with Gasteiger partial charge in [0, 0.05) is 11.3 Å². The number of halogens is 2. The number of ether oxygens (including phenoxy) is 1. The summed E-state index contributed by atoms with van der Waals surface area (Å²) in [5, 5.41) is 0.611.